The van der Waals surface area contributed by atoms with Crippen LogP contribution in [-0.4, -0.2) is 76.0 Å². The summed E-state index contributed by atoms with van der Waals surface area (Å²) in [5.74, 6) is 0.0692. The van der Waals surface area contributed by atoms with Crippen LogP contribution in [0.3, 0.4) is 0 Å². The normalized spacial score (nSPS) is 26.2. The molecule has 7 heteroatoms. The van der Waals surface area contributed by atoms with Crippen molar-refractivity contribution < 1.29 is 4.79 Å². The summed E-state index contributed by atoms with van der Waals surface area (Å²) in [6.45, 7) is 6.27. The van der Waals surface area contributed by atoms with Crippen molar-refractivity contribution in [2.75, 3.05) is 39.3 Å². The third-order valence-corrected chi connectivity index (χ3v) is 5.97. The molecule has 1 unspecified atom stereocenters. The number of rotatable bonds is 4. The molecule has 138 valence electrons. The van der Waals surface area contributed by atoms with Crippen LogP contribution in [0.5, 0.6) is 0 Å². The Bertz CT molecular complexity index is 576. The highest BCUT2D eigenvalue weighted by molar-refractivity contribution is 5.92. The SMILES string of the molecule is O=C(c1cn(C2CCNCC2)nn1)N1CCCC1CN1CCCCC1. The molecule has 4 heterocycles. The highest BCUT2D eigenvalue weighted by Crippen LogP contribution is 2.23. The molecular weight excluding hydrogens is 316 g/mol. The van der Waals surface area contributed by atoms with Gasteiger partial charge in [-0.2, -0.15) is 0 Å². The predicted molar refractivity (Wildman–Crippen MR) is 95.5 cm³/mol. The molecule has 3 fully saturated rings. The lowest BCUT2D eigenvalue weighted by Crippen LogP contribution is -2.44. The van der Waals surface area contributed by atoms with Gasteiger partial charge in [0.15, 0.2) is 5.69 Å². The first-order valence-corrected chi connectivity index (χ1v) is 9.97. The Morgan fingerprint density at radius 3 is 2.68 bits per heavy atom. The summed E-state index contributed by atoms with van der Waals surface area (Å²) in [4.78, 5) is 17.6. The zero-order valence-electron chi connectivity index (χ0n) is 15.1. The molecule has 0 spiro atoms. The molecule has 3 aliphatic heterocycles. The lowest BCUT2D eigenvalue weighted by atomic mass is 10.1. The van der Waals surface area contributed by atoms with Crippen molar-refractivity contribution in [3.8, 4) is 0 Å². The number of amides is 1. The number of hydrogen-bond donors (Lipinski definition) is 1. The average Bonchev–Trinajstić information content (AvgIpc) is 3.32. The van der Waals surface area contributed by atoms with Crippen molar-refractivity contribution >= 4 is 5.91 Å². The standard InChI is InChI=1S/C18H30N6O/c25-18(17-14-24(21-20-17)15-6-8-19-9-7-15)23-12-4-5-16(23)13-22-10-2-1-3-11-22/h14-16,19H,1-13H2. The van der Waals surface area contributed by atoms with E-state index in [9.17, 15) is 4.79 Å². The molecule has 0 bridgehead atoms. The largest absolute Gasteiger partial charge is 0.333 e. The molecule has 1 aromatic heterocycles. The maximum absolute atomic E-state index is 13.0. The highest BCUT2D eigenvalue weighted by atomic mass is 16.2. The van der Waals surface area contributed by atoms with Crippen molar-refractivity contribution in [3.05, 3.63) is 11.9 Å². The zero-order valence-corrected chi connectivity index (χ0v) is 15.1. The molecule has 0 saturated carbocycles. The van der Waals surface area contributed by atoms with E-state index in [0.717, 1.165) is 51.9 Å². The van der Waals surface area contributed by atoms with E-state index in [1.54, 1.807) is 0 Å². The summed E-state index contributed by atoms with van der Waals surface area (Å²) in [7, 11) is 0. The minimum atomic E-state index is 0.0692. The Balaban J connectivity index is 1.39. The Labute approximate surface area is 149 Å². The van der Waals surface area contributed by atoms with E-state index in [1.165, 1.54) is 32.4 Å². The summed E-state index contributed by atoms with van der Waals surface area (Å²) >= 11 is 0. The van der Waals surface area contributed by atoms with Crippen molar-refractivity contribution in [2.45, 2.75) is 57.0 Å². The smallest absolute Gasteiger partial charge is 0.276 e. The van der Waals surface area contributed by atoms with Gasteiger partial charge in [0.2, 0.25) is 0 Å². The number of carbonyl (C=O) groups is 1. The third kappa shape index (κ3) is 3.87. The fraction of sp³-hybridized carbons (Fsp3) is 0.833. The lowest BCUT2D eigenvalue weighted by molar-refractivity contribution is 0.0684. The Morgan fingerprint density at radius 2 is 1.88 bits per heavy atom. The van der Waals surface area contributed by atoms with Crippen LogP contribution in [0.15, 0.2) is 6.20 Å². The Hall–Kier alpha value is -1.47. The van der Waals surface area contributed by atoms with Crippen LogP contribution < -0.4 is 5.32 Å². The summed E-state index contributed by atoms with van der Waals surface area (Å²) in [6.07, 6.45) is 10.1. The number of nitrogens with zero attached hydrogens (tertiary/aromatic N) is 5. The highest BCUT2D eigenvalue weighted by Gasteiger charge is 2.32. The second-order valence-electron chi connectivity index (χ2n) is 7.72. The summed E-state index contributed by atoms with van der Waals surface area (Å²) in [5, 5.41) is 11.8. The van der Waals surface area contributed by atoms with E-state index >= 15 is 0 Å². The van der Waals surface area contributed by atoms with Crippen molar-refractivity contribution in [2.24, 2.45) is 0 Å². The number of nitrogens with one attached hydrogen (secondary N) is 1. The van der Waals surface area contributed by atoms with Gasteiger partial charge in [0, 0.05) is 19.1 Å². The minimum Gasteiger partial charge on any atom is -0.333 e. The van der Waals surface area contributed by atoms with Crippen LogP contribution in [0, 0.1) is 0 Å². The van der Waals surface area contributed by atoms with Gasteiger partial charge >= 0.3 is 0 Å². The first-order valence-electron chi connectivity index (χ1n) is 9.97. The number of hydrogen-bond acceptors (Lipinski definition) is 5. The van der Waals surface area contributed by atoms with Crippen LogP contribution in [0.1, 0.15) is 61.5 Å². The first-order chi connectivity index (χ1) is 12.3. The van der Waals surface area contributed by atoms with Gasteiger partial charge in [-0.15, -0.1) is 5.10 Å². The topological polar surface area (TPSA) is 66.3 Å². The van der Waals surface area contributed by atoms with Gasteiger partial charge < -0.3 is 15.1 Å². The molecule has 0 radical (unpaired) electrons. The molecule has 7 nitrogen and oxygen atoms in total. The lowest BCUT2D eigenvalue weighted by Gasteiger charge is -2.32. The first kappa shape index (κ1) is 17.0. The molecule has 4 rings (SSSR count). The van der Waals surface area contributed by atoms with Crippen molar-refractivity contribution in [1.29, 1.82) is 0 Å². The fourth-order valence-corrected chi connectivity index (χ4v) is 4.50. The van der Waals surface area contributed by atoms with E-state index in [0.29, 0.717) is 17.8 Å². The van der Waals surface area contributed by atoms with E-state index in [1.807, 2.05) is 15.8 Å². The van der Waals surface area contributed by atoms with Crippen LogP contribution in [0.25, 0.3) is 0 Å². The molecule has 3 aliphatic rings. The molecule has 1 N–H and O–H groups in total. The van der Waals surface area contributed by atoms with E-state index in [4.69, 9.17) is 0 Å². The Morgan fingerprint density at radius 1 is 1.08 bits per heavy atom. The van der Waals surface area contributed by atoms with Gasteiger partial charge in [-0.1, -0.05) is 11.6 Å². The van der Waals surface area contributed by atoms with Gasteiger partial charge in [0.05, 0.1) is 12.2 Å². The molecule has 1 aromatic rings. The monoisotopic (exact) mass is 346 g/mol. The zero-order chi connectivity index (χ0) is 17.1. The molecule has 3 saturated heterocycles. The van der Waals surface area contributed by atoms with Gasteiger partial charge in [-0.05, 0) is 64.7 Å². The molecule has 0 aliphatic carbocycles. The van der Waals surface area contributed by atoms with Crippen LogP contribution in [0.2, 0.25) is 0 Å². The maximum atomic E-state index is 13.0. The molecule has 0 aromatic carbocycles. The van der Waals surface area contributed by atoms with Crippen LogP contribution in [-0.2, 0) is 0 Å². The second kappa shape index (κ2) is 7.83. The average molecular weight is 346 g/mol. The molecule has 25 heavy (non-hydrogen) atoms. The van der Waals surface area contributed by atoms with Crippen LogP contribution in [0.4, 0.5) is 0 Å². The van der Waals surface area contributed by atoms with Gasteiger partial charge in [0.1, 0.15) is 0 Å². The number of aromatic nitrogens is 3. The number of likely N-dealkylation sites (tertiary alicyclic amines) is 2. The number of carbonyl (C=O) groups excluding carboxylic acids is 1. The van der Waals surface area contributed by atoms with E-state index in [2.05, 4.69) is 20.5 Å². The van der Waals surface area contributed by atoms with E-state index < -0.39 is 0 Å². The molecule has 1 amide bonds. The second-order valence-corrected chi connectivity index (χ2v) is 7.72. The van der Waals surface area contributed by atoms with Gasteiger partial charge in [-0.25, -0.2) is 4.68 Å². The van der Waals surface area contributed by atoms with E-state index in [-0.39, 0.29) is 5.91 Å². The van der Waals surface area contributed by atoms with Gasteiger partial charge in [-0.3, -0.25) is 4.79 Å². The maximum Gasteiger partial charge on any atom is 0.276 e. The fourth-order valence-electron chi connectivity index (χ4n) is 4.50. The Kier molecular flexibility index (Phi) is 5.31. The molecular formula is C18H30N6O. The summed E-state index contributed by atoms with van der Waals surface area (Å²) in [5.41, 5.74) is 0.518. The molecule has 1 atom stereocenters. The minimum absolute atomic E-state index is 0.0692. The van der Waals surface area contributed by atoms with Gasteiger partial charge in [0.25, 0.3) is 5.91 Å². The third-order valence-electron chi connectivity index (χ3n) is 5.97. The predicted octanol–water partition coefficient (Wildman–Crippen LogP) is 1.29. The van der Waals surface area contributed by atoms with Crippen molar-refractivity contribution in [1.82, 2.24) is 30.1 Å². The summed E-state index contributed by atoms with van der Waals surface area (Å²) < 4.78 is 1.91. The number of piperidine rings is 2. The van der Waals surface area contributed by atoms with Crippen molar-refractivity contribution in [3.63, 3.8) is 0 Å². The summed E-state index contributed by atoms with van der Waals surface area (Å²) in [6, 6.07) is 0.715. The quantitative estimate of drug-likeness (QED) is 0.890. The van der Waals surface area contributed by atoms with Crippen LogP contribution >= 0.6 is 0 Å².